The number of esters is 1. The van der Waals surface area contributed by atoms with Crippen molar-refractivity contribution in [3.05, 3.63) is 33.5 Å². The predicted molar refractivity (Wildman–Crippen MR) is 79.7 cm³/mol. The Morgan fingerprint density at radius 1 is 1.52 bits per heavy atom. The van der Waals surface area contributed by atoms with Crippen LogP contribution >= 0.6 is 15.9 Å². The first-order valence-electron chi connectivity index (χ1n) is 7.00. The third-order valence-corrected chi connectivity index (χ3v) is 4.51. The van der Waals surface area contributed by atoms with Crippen LogP contribution in [0.2, 0.25) is 0 Å². The molecule has 0 amide bonds. The van der Waals surface area contributed by atoms with E-state index in [2.05, 4.69) is 20.8 Å². The Labute approximate surface area is 131 Å². The summed E-state index contributed by atoms with van der Waals surface area (Å²) in [6.07, 6.45) is 3.71. The number of carbonyl (C=O) groups excluding carboxylic acids is 2. The Kier molecular flexibility index (Phi) is 3.99. The minimum Gasteiger partial charge on any atom is -0.463 e. The number of carbonyl (C=O) groups is 2. The molecular formula is C15H16BrNO4. The van der Waals surface area contributed by atoms with Crippen molar-refractivity contribution in [1.82, 2.24) is 4.90 Å². The largest absolute Gasteiger partial charge is 0.463 e. The summed E-state index contributed by atoms with van der Waals surface area (Å²) in [7, 11) is 0. The smallest absolute Gasteiger partial charge is 0.334 e. The molecule has 3 aliphatic rings. The van der Waals surface area contributed by atoms with Gasteiger partial charge in [0.05, 0.1) is 42.7 Å². The summed E-state index contributed by atoms with van der Waals surface area (Å²) in [5.41, 5.74) is 1.73. The summed E-state index contributed by atoms with van der Waals surface area (Å²) in [4.78, 5) is 26.7. The number of rotatable bonds is 2. The summed E-state index contributed by atoms with van der Waals surface area (Å²) in [5, 5.41) is 0. The topological polar surface area (TPSA) is 55.8 Å². The number of allylic oxidation sites excluding steroid dienone is 4. The van der Waals surface area contributed by atoms with E-state index >= 15 is 0 Å². The van der Waals surface area contributed by atoms with Crippen molar-refractivity contribution in [3.63, 3.8) is 0 Å². The van der Waals surface area contributed by atoms with Crippen LogP contribution in [0.15, 0.2) is 33.5 Å². The average Bonchev–Trinajstić information content (AvgIpc) is 2.49. The molecule has 1 atom stereocenters. The van der Waals surface area contributed by atoms with Gasteiger partial charge in [-0.2, -0.15) is 0 Å². The van der Waals surface area contributed by atoms with Crippen molar-refractivity contribution in [2.75, 3.05) is 26.4 Å². The third kappa shape index (κ3) is 2.46. The van der Waals surface area contributed by atoms with Crippen LogP contribution in [0.3, 0.4) is 0 Å². The van der Waals surface area contributed by atoms with Crippen molar-refractivity contribution in [3.8, 4) is 0 Å². The van der Waals surface area contributed by atoms with Gasteiger partial charge < -0.3 is 14.4 Å². The van der Waals surface area contributed by atoms with Gasteiger partial charge in [0.25, 0.3) is 0 Å². The molecule has 1 fully saturated rings. The van der Waals surface area contributed by atoms with Gasteiger partial charge in [-0.25, -0.2) is 4.79 Å². The lowest BCUT2D eigenvalue weighted by molar-refractivity contribution is -0.139. The molecule has 2 aliphatic heterocycles. The van der Waals surface area contributed by atoms with E-state index in [0.29, 0.717) is 37.4 Å². The van der Waals surface area contributed by atoms with Crippen LogP contribution in [0.4, 0.5) is 0 Å². The van der Waals surface area contributed by atoms with Crippen molar-refractivity contribution in [2.24, 2.45) is 0 Å². The Bertz CT molecular complexity index is 590. The van der Waals surface area contributed by atoms with Crippen molar-refractivity contribution < 1.29 is 19.1 Å². The minimum atomic E-state index is -0.404. The fourth-order valence-electron chi connectivity index (χ4n) is 2.98. The number of ether oxygens (including phenoxy) is 2. The highest BCUT2D eigenvalue weighted by molar-refractivity contribution is 9.11. The summed E-state index contributed by atoms with van der Waals surface area (Å²) >= 11 is 3.51. The Morgan fingerprint density at radius 2 is 2.33 bits per heavy atom. The van der Waals surface area contributed by atoms with Gasteiger partial charge in [-0.05, 0) is 35.0 Å². The summed E-state index contributed by atoms with van der Waals surface area (Å²) in [5.74, 6) is -0.541. The molecule has 21 heavy (non-hydrogen) atoms. The molecule has 2 heterocycles. The molecule has 1 aliphatic carbocycles. The first kappa shape index (κ1) is 14.5. The van der Waals surface area contributed by atoms with Crippen molar-refractivity contribution in [1.29, 1.82) is 0 Å². The molecule has 0 bridgehead atoms. The Balaban J connectivity index is 2.12. The fraction of sp³-hybridized carbons (Fsp3) is 0.467. The van der Waals surface area contributed by atoms with Gasteiger partial charge in [0.1, 0.15) is 0 Å². The SMILES string of the molecule is CCOC(=O)C1=C2C(=O)C=CC(Br)=C2N2CCOCC2C1. The second-order valence-electron chi connectivity index (χ2n) is 5.09. The maximum absolute atomic E-state index is 12.3. The quantitative estimate of drug-likeness (QED) is 0.707. The molecule has 0 aromatic rings. The molecule has 0 saturated carbocycles. The Morgan fingerprint density at radius 3 is 3.10 bits per heavy atom. The zero-order valence-electron chi connectivity index (χ0n) is 11.7. The number of morpholine rings is 1. The molecule has 1 saturated heterocycles. The van der Waals surface area contributed by atoms with E-state index in [1.807, 2.05) is 0 Å². The fourth-order valence-corrected chi connectivity index (χ4v) is 3.54. The third-order valence-electron chi connectivity index (χ3n) is 3.87. The number of ketones is 1. The number of fused-ring (bicyclic) bond motifs is 3. The van der Waals surface area contributed by atoms with Gasteiger partial charge in [-0.3, -0.25) is 4.79 Å². The van der Waals surface area contributed by atoms with E-state index < -0.39 is 5.97 Å². The zero-order chi connectivity index (χ0) is 15.0. The van der Waals surface area contributed by atoms with Crippen LogP contribution in [0, 0.1) is 0 Å². The molecule has 5 nitrogen and oxygen atoms in total. The zero-order valence-corrected chi connectivity index (χ0v) is 13.3. The van der Waals surface area contributed by atoms with Crippen LogP contribution in [0.25, 0.3) is 0 Å². The predicted octanol–water partition coefficient (Wildman–Crippen LogP) is 1.70. The minimum absolute atomic E-state index is 0.0729. The van der Waals surface area contributed by atoms with Gasteiger partial charge in [0.15, 0.2) is 5.78 Å². The monoisotopic (exact) mass is 353 g/mol. The van der Waals surface area contributed by atoms with E-state index in [1.54, 1.807) is 13.0 Å². The van der Waals surface area contributed by atoms with Gasteiger partial charge in [0, 0.05) is 17.4 Å². The van der Waals surface area contributed by atoms with Gasteiger partial charge in [-0.1, -0.05) is 0 Å². The maximum atomic E-state index is 12.3. The summed E-state index contributed by atoms with van der Waals surface area (Å²) < 4.78 is 11.5. The summed E-state index contributed by atoms with van der Waals surface area (Å²) in [6.45, 7) is 3.95. The van der Waals surface area contributed by atoms with Crippen LogP contribution in [0.1, 0.15) is 13.3 Å². The molecule has 0 N–H and O–H groups in total. The molecule has 0 radical (unpaired) electrons. The maximum Gasteiger partial charge on any atom is 0.334 e. The lowest BCUT2D eigenvalue weighted by atomic mass is 9.86. The van der Waals surface area contributed by atoms with Crippen molar-refractivity contribution >= 4 is 27.7 Å². The number of halogens is 1. The van der Waals surface area contributed by atoms with Gasteiger partial charge in [-0.15, -0.1) is 0 Å². The highest BCUT2D eigenvalue weighted by Gasteiger charge is 2.40. The number of hydrogen-bond donors (Lipinski definition) is 0. The first-order valence-corrected chi connectivity index (χ1v) is 7.80. The summed E-state index contributed by atoms with van der Waals surface area (Å²) in [6, 6.07) is 0.0729. The lowest BCUT2D eigenvalue weighted by Gasteiger charge is -2.44. The molecule has 3 rings (SSSR count). The standard InChI is InChI=1S/C15H16BrNO4/c1-2-21-15(19)10-7-9-8-20-6-5-17(9)14-11(16)3-4-12(18)13(10)14/h3-4,9H,2,5-8H2,1H3. The van der Waals surface area contributed by atoms with E-state index in [4.69, 9.17) is 9.47 Å². The number of nitrogens with zero attached hydrogens (tertiary/aromatic N) is 1. The van der Waals surface area contributed by atoms with Crippen LogP contribution in [-0.2, 0) is 19.1 Å². The molecule has 1 unspecified atom stereocenters. The average molecular weight is 354 g/mol. The molecule has 112 valence electrons. The van der Waals surface area contributed by atoms with Crippen LogP contribution < -0.4 is 0 Å². The van der Waals surface area contributed by atoms with E-state index in [1.165, 1.54) is 6.08 Å². The van der Waals surface area contributed by atoms with E-state index in [9.17, 15) is 9.59 Å². The number of hydrogen-bond acceptors (Lipinski definition) is 5. The van der Waals surface area contributed by atoms with Gasteiger partial charge in [0.2, 0.25) is 0 Å². The van der Waals surface area contributed by atoms with E-state index in [0.717, 1.165) is 16.7 Å². The second kappa shape index (κ2) is 5.77. The molecule has 0 aromatic carbocycles. The molecule has 6 heteroatoms. The highest BCUT2D eigenvalue weighted by atomic mass is 79.9. The highest BCUT2D eigenvalue weighted by Crippen LogP contribution is 2.39. The second-order valence-corrected chi connectivity index (χ2v) is 5.95. The Hall–Kier alpha value is -1.40. The van der Waals surface area contributed by atoms with Crippen molar-refractivity contribution in [2.45, 2.75) is 19.4 Å². The van der Waals surface area contributed by atoms with Crippen LogP contribution in [0.5, 0.6) is 0 Å². The first-order chi connectivity index (χ1) is 10.1. The molecule has 0 aromatic heterocycles. The van der Waals surface area contributed by atoms with Gasteiger partial charge >= 0.3 is 5.97 Å². The lowest BCUT2D eigenvalue weighted by Crippen LogP contribution is -2.49. The van der Waals surface area contributed by atoms with Crippen LogP contribution in [-0.4, -0.2) is 49.1 Å². The van der Waals surface area contributed by atoms with E-state index in [-0.39, 0.29) is 11.8 Å². The normalized spacial score (nSPS) is 25.0. The molecule has 0 spiro atoms. The molecular weight excluding hydrogens is 338 g/mol.